The number of anilines is 2. The van der Waals surface area contributed by atoms with Gasteiger partial charge in [0.05, 0.1) is 23.7 Å². The van der Waals surface area contributed by atoms with Crippen LogP contribution in [0.5, 0.6) is 0 Å². The minimum atomic E-state index is -0.594. The van der Waals surface area contributed by atoms with Crippen LogP contribution in [0.15, 0.2) is 36.8 Å². The lowest BCUT2D eigenvalue weighted by atomic mass is 10.1. The summed E-state index contributed by atoms with van der Waals surface area (Å²) in [6.45, 7) is 4.94. The molecule has 0 bridgehead atoms. The van der Waals surface area contributed by atoms with Crippen molar-refractivity contribution in [3.63, 3.8) is 0 Å². The number of carbonyl (C=O) groups excluding carboxylic acids is 2. The molecule has 1 fully saturated rings. The summed E-state index contributed by atoms with van der Waals surface area (Å²) in [5.41, 5.74) is 1.48. The van der Waals surface area contributed by atoms with E-state index >= 15 is 0 Å². The fourth-order valence-corrected chi connectivity index (χ4v) is 3.36. The minimum absolute atomic E-state index is 0.198. The van der Waals surface area contributed by atoms with Crippen molar-refractivity contribution in [1.82, 2.24) is 19.3 Å². The summed E-state index contributed by atoms with van der Waals surface area (Å²) in [6.07, 6.45) is 5.78. The normalized spacial score (nSPS) is 13.6. The highest BCUT2D eigenvalue weighted by Gasteiger charge is 2.19. The molecule has 0 unspecified atom stereocenters. The number of carbonyl (C=O) groups is 2. The molecule has 0 aliphatic carbocycles. The van der Waals surface area contributed by atoms with Crippen molar-refractivity contribution in [2.75, 3.05) is 23.7 Å². The third-order valence-electron chi connectivity index (χ3n) is 4.79. The van der Waals surface area contributed by atoms with Gasteiger partial charge in [-0.25, -0.2) is 23.9 Å². The van der Waals surface area contributed by atoms with Crippen molar-refractivity contribution in [2.45, 2.75) is 32.8 Å². The summed E-state index contributed by atoms with van der Waals surface area (Å²) in [4.78, 5) is 34.4. The number of ether oxygens (including phenoxy) is 1. The third kappa shape index (κ3) is 4.73. The van der Waals surface area contributed by atoms with E-state index in [1.807, 2.05) is 0 Å². The average Bonchev–Trinajstić information content (AvgIpc) is 3.38. The molecule has 3 heterocycles. The topological polar surface area (TPSA) is 101 Å². The first kappa shape index (κ1) is 20.6. The summed E-state index contributed by atoms with van der Waals surface area (Å²) in [7, 11) is 0. The van der Waals surface area contributed by atoms with E-state index in [1.54, 1.807) is 41.6 Å². The van der Waals surface area contributed by atoms with E-state index < -0.39 is 11.9 Å². The van der Waals surface area contributed by atoms with Crippen LogP contribution in [0, 0.1) is 5.82 Å². The molecule has 4 rings (SSSR count). The maximum absolute atomic E-state index is 14.5. The summed E-state index contributed by atoms with van der Waals surface area (Å²) in [6, 6.07) is 4.16. The smallest absolute Gasteiger partial charge is 0.411 e. The first-order valence-corrected chi connectivity index (χ1v) is 10.1. The number of urea groups is 1. The van der Waals surface area contributed by atoms with Crippen molar-refractivity contribution in [3.8, 4) is 11.3 Å². The van der Waals surface area contributed by atoms with Gasteiger partial charge in [0.1, 0.15) is 5.82 Å². The molecule has 3 aromatic rings. The van der Waals surface area contributed by atoms with Gasteiger partial charge in [-0.1, -0.05) is 0 Å². The number of nitrogens with zero attached hydrogens (tertiary/aromatic N) is 4. The number of rotatable bonds is 4. The number of benzene rings is 1. The lowest BCUT2D eigenvalue weighted by molar-refractivity contribution is 0.130. The zero-order valence-electron chi connectivity index (χ0n) is 17.3. The monoisotopic (exact) mass is 426 g/mol. The van der Waals surface area contributed by atoms with Gasteiger partial charge in [0.2, 0.25) is 5.78 Å². The van der Waals surface area contributed by atoms with Crippen LogP contribution in [0.4, 0.5) is 25.4 Å². The third-order valence-corrected chi connectivity index (χ3v) is 4.79. The van der Waals surface area contributed by atoms with Gasteiger partial charge in [0, 0.05) is 36.7 Å². The molecule has 1 aromatic carbocycles. The van der Waals surface area contributed by atoms with Crippen LogP contribution in [0.3, 0.4) is 0 Å². The van der Waals surface area contributed by atoms with Crippen molar-refractivity contribution < 1.29 is 18.7 Å². The molecule has 0 spiro atoms. The first-order valence-electron chi connectivity index (χ1n) is 10.1. The second-order valence-electron chi connectivity index (χ2n) is 7.57. The number of hydrogen-bond acceptors (Lipinski definition) is 5. The Hall–Kier alpha value is -3.69. The van der Waals surface area contributed by atoms with Crippen LogP contribution in [-0.4, -0.2) is 50.6 Å². The molecule has 10 heteroatoms. The second kappa shape index (κ2) is 8.58. The number of nitrogens with one attached hydrogen (secondary N) is 2. The van der Waals surface area contributed by atoms with E-state index in [9.17, 15) is 14.0 Å². The first-order chi connectivity index (χ1) is 14.9. The fraction of sp³-hybridized carbons (Fsp3) is 0.333. The Kier molecular flexibility index (Phi) is 5.70. The van der Waals surface area contributed by atoms with Crippen LogP contribution in [0.25, 0.3) is 17.0 Å². The zero-order valence-corrected chi connectivity index (χ0v) is 17.3. The number of hydrogen-bond donors (Lipinski definition) is 2. The van der Waals surface area contributed by atoms with Crippen molar-refractivity contribution in [1.29, 1.82) is 0 Å². The molecule has 0 saturated carbocycles. The molecule has 2 aromatic heterocycles. The average molecular weight is 426 g/mol. The van der Waals surface area contributed by atoms with Crippen LogP contribution in [-0.2, 0) is 4.74 Å². The summed E-state index contributed by atoms with van der Waals surface area (Å²) >= 11 is 0. The second-order valence-corrected chi connectivity index (χ2v) is 7.57. The molecular formula is C21H23FN6O3. The Bertz CT molecular complexity index is 1120. The maximum Gasteiger partial charge on any atom is 0.411 e. The standard InChI is InChI=1S/C21H23FN6O3/c1-13(2)31-21(30)25-15-10-23-19-26-18(12-28(19)11-15)16-9-14(5-6-17(16)22)24-20(29)27-7-3-4-8-27/h5-6,9-13H,3-4,7-8H2,1-2H3,(H,24,29)(H,25,30). The Morgan fingerprint density at radius 2 is 1.90 bits per heavy atom. The van der Waals surface area contributed by atoms with E-state index in [0.717, 1.165) is 25.9 Å². The zero-order chi connectivity index (χ0) is 22.0. The van der Waals surface area contributed by atoms with E-state index in [1.165, 1.54) is 18.3 Å². The predicted molar refractivity (Wildman–Crippen MR) is 113 cm³/mol. The van der Waals surface area contributed by atoms with Gasteiger partial charge < -0.3 is 15.0 Å². The molecule has 3 amide bonds. The van der Waals surface area contributed by atoms with Crippen molar-refractivity contribution in [2.24, 2.45) is 0 Å². The lowest BCUT2D eigenvalue weighted by Gasteiger charge is -2.16. The van der Waals surface area contributed by atoms with Gasteiger partial charge in [-0.3, -0.25) is 9.72 Å². The van der Waals surface area contributed by atoms with Crippen LogP contribution >= 0.6 is 0 Å². The van der Waals surface area contributed by atoms with Gasteiger partial charge in [-0.05, 0) is 44.9 Å². The molecule has 162 valence electrons. The number of fused-ring (bicyclic) bond motifs is 1. The molecule has 1 aliphatic rings. The Morgan fingerprint density at radius 1 is 1.13 bits per heavy atom. The van der Waals surface area contributed by atoms with Gasteiger partial charge in [0.15, 0.2) is 0 Å². The van der Waals surface area contributed by atoms with Gasteiger partial charge in [0.25, 0.3) is 0 Å². The number of likely N-dealkylation sites (tertiary alicyclic amines) is 1. The van der Waals surface area contributed by atoms with Gasteiger partial charge in [-0.15, -0.1) is 0 Å². The molecule has 1 saturated heterocycles. The molecule has 31 heavy (non-hydrogen) atoms. The SMILES string of the molecule is CC(C)OC(=O)Nc1cnc2nc(-c3cc(NC(=O)N4CCCC4)ccc3F)cn2c1. The van der Waals surface area contributed by atoms with Gasteiger partial charge >= 0.3 is 12.1 Å². The quantitative estimate of drug-likeness (QED) is 0.654. The highest BCUT2D eigenvalue weighted by molar-refractivity contribution is 5.90. The van der Waals surface area contributed by atoms with Gasteiger partial charge in [-0.2, -0.15) is 0 Å². The van der Waals surface area contributed by atoms with Crippen molar-refractivity contribution >= 4 is 29.3 Å². The number of imidazole rings is 1. The predicted octanol–water partition coefficient (Wildman–Crippen LogP) is 4.12. The van der Waals surface area contributed by atoms with E-state index in [0.29, 0.717) is 22.8 Å². The minimum Gasteiger partial charge on any atom is -0.447 e. The Labute approximate surface area is 178 Å². The molecule has 0 atom stereocenters. The molecule has 1 aliphatic heterocycles. The highest BCUT2D eigenvalue weighted by Crippen LogP contribution is 2.26. The summed E-state index contributed by atoms with van der Waals surface area (Å²) < 4.78 is 21.2. The molecule has 0 radical (unpaired) electrons. The summed E-state index contributed by atoms with van der Waals surface area (Å²) in [5.74, 6) is -0.134. The summed E-state index contributed by atoms with van der Waals surface area (Å²) in [5, 5.41) is 5.39. The fourth-order valence-electron chi connectivity index (χ4n) is 3.36. The van der Waals surface area contributed by atoms with Crippen LogP contribution in [0.2, 0.25) is 0 Å². The maximum atomic E-state index is 14.5. The van der Waals surface area contributed by atoms with Crippen LogP contribution in [0.1, 0.15) is 26.7 Å². The molecule has 2 N–H and O–H groups in total. The molecule has 9 nitrogen and oxygen atoms in total. The van der Waals surface area contributed by atoms with E-state index in [4.69, 9.17) is 4.74 Å². The van der Waals surface area contributed by atoms with Crippen molar-refractivity contribution in [3.05, 3.63) is 42.6 Å². The lowest BCUT2D eigenvalue weighted by Crippen LogP contribution is -2.32. The number of aromatic nitrogens is 3. The Balaban J connectivity index is 1.56. The number of amides is 3. The molecular weight excluding hydrogens is 403 g/mol. The van der Waals surface area contributed by atoms with Crippen LogP contribution < -0.4 is 10.6 Å². The number of halogens is 1. The largest absolute Gasteiger partial charge is 0.447 e. The van der Waals surface area contributed by atoms with E-state index in [2.05, 4.69) is 20.6 Å². The Morgan fingerprint density at radius 3 is 2.65 bits per heavy atom. The van der Waals surface area contributed by atoms with E-state index in [-0.39, 0.29) is 17.7 Å². The highest BCUT2D eigenvalue weighted by atomic mass is 19.1.